The van der Waals surface area contributed by atoms with E-state index in [9.17, 15) is 23.4 Å². The number of β-amino-alcohol motifs (C(OH)–C–C–N with tert-alkyl or cyclic N) is 1. The Morgan fingerprint density at radius 1 is 1.13 bits per heavy atom. The lowest BCUT2D eigenvalue weighted by Crippen LogP contribution is -2.68. The zero-order chi connectivity index (χ0) is 21.5. The number of pyridine rings is 1. The molecular weight excluding hydrogens is 404 g/mol. The van der Waals surface area contributed by atoms with Crippen molar-refractivity contribution in [3.05, 3.63) is 71.9 Å². The Morgan fingerprint density at radius 2 is 1.80 bits per heavy atom. The van der Waals surface area contributed by atoms with Crippen LogP contribution in [0.2, 0.25) is 0 Å². The van der Waals surface area contributed by atoms with Gasteiger partial charge >= 0.3 is 0 Å². The van der Waals surface area contributed by atoms with Gasteiger partial charge in [0.15, 0.2) is 9.84 Å². The Morgan fingerprint density at radius 3 is 2.47 bits per heavy atom. The first-order valence-corrected chi connectivity index (χ1v) is 11.2. The van der Waals surface area contributed by atoms with Gasteiger partial charge in [-0.1, -0.05) is 30.3 Å². The molecule has 1 atom stereocenters. The van der Waals surface area contributed by atoms with Crippen LogP contribution in [0.1, 0.15) is 22.8 Å². The van der Waals surface area contributed by atoms with E-state index < -0.39 is 21.5 Å². The molecule has 0 spiro atoms. The van der Waals surface area contributed by atoms with Crippen LogP contribution in [0.3, 0.4) is 0 Å². The summed E-state index contributed by atoms with van der Waals surface area (Å²) < 4.78 is 25.9. The van der Waals surface area contributed by atoms with Crippen molar-refractivity contribution in [2.24, 2.45) is 0 Å². The fourth-order valence-corrected chi connectivity index (χ4v) is 5.11. The predicted octanol–water partition coefficient (Wildman–Crippen LogP) is 1.78. The van der Waals surface area contributed by atoms with Crippen LogP contribution in [-0.4, -0.2) is 59.2 Å². The van der Waals surface area contributed by atoms with Crippen molar-refractivity contribution in [3.8, 4) is 0 Å². The van der Waals surface area contributed by atoms with Crippen LogP contribution in [-0.2, 0) is 15.6 Å². The Bertz CT molecular complexity index is 1190. The van der Waals surface area contributed by atoms with Gasteiger partial charge in [-0.15, -0.1) is 0 Å². The van der Waals surface area contributed by atoms with Crippen molar-refractivity contribution >= 4 is 26.6 Å². The highest BCUT2D eigenvalue weighted by molar-refractivity contribution is 7.90. The maximum absolute atomic E-state index is 13.0. The highest BCUT2D eigenvalue weighted by Gasteiger charge is 2.47. The summed E-state index contributed by atoms with van der Waals surface area (Å²) in [7, 11) is -3.63. The molecule has 1 fully saturated rings. The number of benzene rings is 2. The Balaban J connectivity index is 1.50. The molecule has 1 aromatic heterocycles. The summed E-state index contributed by atoms with van der Waals surface area (Å²) in [5.74, 6) is -0.476. The standard InChI is InChI=1S/C22H22N2O5S/c1-15(25)22(27)13-24(14-22)21(26)18-9-7-16(8-10-18)12-30(28,29)19-6-2-4-17-5-3-11-23-20(17)19/h2-11,15,25,27H,12-14H2,1H3. The van der Waals surface area contributed by atoms with Crippen molar-refractivity contribution in [1.82, 2.24) is 9.88 Å². The van der Waals surface area contributed by atoms with E-state index in [2.05, 4.69) is 4.98 Å². The number of nitrogens with zero attached hydrogens (tertiary/aromatic N) is 2. The van der Waals surface area contributed by atoms with Crippen LogP contribution in [0.4, 0.5) is 0 Å². The SMILES string of the molecule is CC(O)C1(O)CN(C(=O)c2ccc(CS(=O)(=O)c3cccc4cccnc34)cc2)C1. The molecule has 1 amide bonds. The molecule has 0 radical (unpaired) electrons. The van der Waals surface area contributed by atoms with Gasteiger partial charge in [-0.2, -0.15) is 0 Å². The first kappa shape index (κ1) is 20.5. The number of aliphatic hydroxyl groups is 2. The number of fused-ring (bicyclic) bond motifs is 1. The van der Waals surface area contributed by atoms with E-state index in [4.69, 9.17) is 0 Å². The molecule has 1 aliphatic rings. The topological polar surface area (TPSA) is 108 Å². The van der Waals surface area contributed by atoms with Crippen LogP contribution in [0, 0.1) is 0 Å². The summed E-state index contributed by atoms with van der Waals surface area (Å²) in [6.45, 7) is 1.62. The van der Waals surface area contributed by atoms with Gasteiger partial charge in [-0.25, -0.2) is 8.42 Å². The molecule has 2 aromatic carbocycles. The third-order valence-corrected chi connectivity index (χ3v) is 7.20. The number of aliphatic hydroxyl groups excluding tert-OH is 1. The summed E-state index contributed by atoms with van der Waals surface area (Å²) in [5.41, 5.74) is 0.130. The molecular formula is C22H22N2O5S. The quantitative estimate of drug-likeness (QED) is 0.644. The number of carbonyl (C=O) groups is 1. The van der Waals surface area contributed by atoms with Crippen molar-refractivity contribution < 1.29 is 23.4 Å². The molecule has 4 rings (SSSR count). The van der Waals surface area contributed by atoms with Gasteiger partial charge in [0.05, 0.1) is 35.4 Å². The monoisotopic (exact) mass is 426 g/mol. The molecule has 3 aromatic rings. The zero-order valence-electron chi connectivity index (χ0n) is 16.4. The number of hydrogen-bond acceptors (Lipinski definition) is 6. The average Bonchev–Trinajstić information content (AvgIpc) is 2.70. The molecule has 2 heterocycles. The van der Waals surface area contributed by atoms with Crippen LogP contribution >= 0.6 is 0 Å². The van der Waals surface area contributed by atoms with Crippen LogP contribution < -0.4 is 0 Å². The van der Waals surface area contributed by atoms with Crippen molar-refractivity contribution in [2.45, 2.75) is 29.3 Å². The molecule has 1 saturated heterocycles. The fourth-order valence-electron chi connectivity index (χ4n) is 3.57. The van der Waals surface area contributed by atoms with Gasteiger partial charge in [-0.05, 0) is 36.8 Å². The van der Waals surface area contributed by atoms with Gasteiger partial charge in [0, 0.05) is 17.1 Å². The minimum Gasteiger partial charge on any atom is -0.390 e. The summed E-state index contributed by atoms with van der Waals surface area (Å²) in [5, 5.41) is 20.4. The maximum Gasteiger partial charge on any atom is 0.254 e. The number of carbonyl (C=O) groups excluding carboxylic acids is 1. The number of para-hydroxylation sites is 1. The number of hydrogen-bond donors (Lipinski definition) is 2. The number of likely N-dealkylation sites (tertiary alicyclic amines) is 1. The van der Waals surface area contributed by atoms with Gasteiger partial charge < -0.3 is 15.1 Å². The lowest BCUT2D eigenvalue weighted by molar-refractivity contribution is -0.144. The molecule has 30 heavy (non-hydrogen) atoms. The number of aromatic nitrogens is 1. The molecule has 1 unspecified atom stereocenters. The van der Waals surface area contributed by atoms with E-state index in [0.29, 0.717) is 16.6 Å². The van der Waals surface area contributed by atoms with E-state index in [-0.39, 0.29) is 29.6 Å². The summed E-state index contributed by atoms with van der Waals surface area (Å²) in [4.78, 5) is 18.4. The van der Waals surface area contributed by atoms with Crippen molar-refractivity contribution in [3.63, 3.8) is 0 Å². The first-order valence-electron chi connectivity index (χ1n) is 9.55. The third kappa shape index (κ3) is 3.69. The van der Waals surface area contributed by atoms with Crippen LogP contribution in [0.5, 0.6) is 0 Å². The maximum atomic E-state index is 13.0. The molecule has 0 bridgehead atoms. The number of sulfone groups is 1. The van der Waals surface area contributed by atoms with Crippen LogP contribution in [0.25, 0.3) is 10.9 Å². The molecule has 1 aliphatic heterocycles. The Kier molecular flexibility index (Phi) is 5.09. The van der Waals surface area contributed by atoms with E-state index in [0.717, 1.165) is 5.39 Å². The molecule has 0 aliphatic carbocycles. The predicted molar refractivity (Wildman–Crippen MR) is 112 cm³/mol. The van der Waals surface area contributed by atoms with E-state index >= 15 is 0 Å². The molecule has 7 nitrogen and oxygen atoms in total. The summed E-state index contributed by atoms with van der Waals surface area (Å²) >= 11 is 0. The van der Waals surface area contributed by atoms with Crippen molar-refractivity contribution in [1.29, 1.82) is 0 Å². The van der Waals surface area contributed by atoms with E-state index in [1.165, 1.54) is 11.8 Å². The highest BCUT2D eigenvalue weighted by atomic mass is 32.2. The Labute approximate surface area is 174 Å². The summed E-state index contributed by atoms with van der Waals surface area (Å²) in [6, 6.07) is 15.0. The lowest BCUT2D eigenvalue weighted by Gasteiger charge is -2.48. The van der Waals surface area contributed by atoms with E-state index in [1.807, 2.05) is 12.1 Å². The molecule has 8 heteroatoms. The minimum atomic E-state index is -3.63. The zero-order valence-corrected chi connectivity index (χ0v) is 17.2. The van der Waals surface area contributed by atoms with Gasteiger partial charge in [0.2, 0.25) is 0 Å². The Hall–Kier alpha value is -2.81. The largest absolute Gasteiger partial charge is 0.390 e. The second-order valence-corrected chi connectivity index (χ2v) is 9.69. The second kappa shape index (κ2) is 7.46. The minimum absolute atomic E-state index is 0.0632. The van der Waals surface area contributed by atoms with Gasteiger partial charge in [0.1, 0.15) is 5.60 Å². The fraction of sp³-hybridized carbons (Fsp3) is 0.273. The smallest absolute Gasteiger partial charge is 0.254 e. The van der Waals surface area contributed by atoms with Gasteiger partial charge in [-0.3, -0.25) is 9.78 Å². The molecule has 2 N–H and O–H groups in total. The molecule has 156 valence electrons. The van der Waals surface area contributed by atoms with E-state index in [1.54, 1.807) is 48.7 Å². The van der Waals surface area contributed by atoms with Crippen LogP contribution in [0.15, 0.2) is 65.7 Å². The average molecular weight is 426 g/mol. The third-order valence-electron chi connectivity index (χ3n) is 5.48. The number of amides is 1. The summed E-state index contributed by atoms with van der Waals surface area (Å²) in [6.07, 6.45) is 0.647. The lowest BCUT2D eigenvalue weighted by atomic mass is 9.88. The van der Waals surface area contributed by atoms with Gasteiger partial charge in [0.25, 0.3) is 5.91 Å². The molecule has 0 saturated carbocycles. The first-order chi connectivity index (χ1) is 14.2. The number of rotatable bonds is 5. The van der Waals surface area contributed by atoms with Crippen molar-refractivity contribution in [2.75, 3.05) is 13.1 Å². The second-order valence-electron chi connectivity index (χ2n) is 7.73. The highest BCUT2D eigenvalue weighted by Crippen LogP contribution is 2.27. The normalized spacial score (nSPS) is 16.8.